The molecule has 4 aromatic rings. The zero-order chi connectivity index (χ0) is 23.9. The highest BCUT2D eigenvalue weighted by Gasteiger charge is 2.19. The van der Waals surface area contributed by atoms with Crippen LogP contribution in [0.5, 0.6) is 11.5 Å². The largest absolute Gasteiger partial charge is 0.492 e. The second kappa shape index (κ2) is 12.3. The lowest BCUT2D eigenvalue weighted by molar-refractivity contribution is 0.236. The van der Waals surface area contributed by atoms with E-state index in [4.69, 9.17) is 9.47 Å². The topological polar surface area (TPSA) is 18.5 Å². The Morgan fingerprint density at radius 3 is 1.47 bits per heavy atom. The fraction of sp³-hybridized carbons (Fsp3) is 0.533. The third-order valence-electron chi connectivity index (χ3n) is 7.22. The molecular weight excluding hydrogens is 456 g/mol. The Bertz CT molecular complexity index is 1100. The molecule has 2 aromatic carbocycles. The maximum atomic E-state index is 6.68. The standard InChI is InChI=1S/C30H40O2S2/c1-5-9-11-21(7-3)19-31-29-23-13-15-33-27(23)18-26-25(29)17-28-24(14-16-34-28)30(26)32-20-22(8-4)12-10-6-2/h13-18,21-22H,5-12,19-20H2,1-4H3. The zero-order valence-corrected chi connectivity index (χ0v) is 23.0. The molecule has 2 heterocycles. The zero-order valence-electron chi connectivity index (χ0n) is 21.3. The summed E-state index contributed by atoms with van der Waals surface area (Å²) in [7, 11) is 0. The van der Waals surface area contributed by atoms with Crippen molar-refractivity contribution in [1.29, 1.82) is 0 Å². The Balaban J connectivity index is 1.75. The fourth-order valence-electron chi connectivity index (χ4n) is 4.83. The first-order valence-corrected chi connectivity index (χ1v) is 15.1. The smallest absolute Gasteiger partial charge is 0.135 e. The molecule has 34 heavy (non-hydrogen) atoms. The van der Waals surface area contributed by atoms with Crippen molar-refractivity contribution in [2.75, 3.05) is 13.2 Å². The van der Waals surface area contributed by atoms with Crippen LogP contribution in [0.4, 0.5) is 0 Å². The summed E-state index contributed by atoms with van der Waals surface area (Å²) < 4.78 is 15.9. The normalized spacial score (nSPS) is 13.6. The lowest BCUT2D eigenvalue weighted by atomic mass is 9.99. The monoisotopic (exact) mass is 496 g/mol. The van der Waals surface area contributed by atoms with E-state index in [1.165, 1.54) is 69.5 Å². The van der Waals surface area contributed by atoms with Gasteiger partial charge >= 0.3 is 0 Å². The number of thiophene rings is 2. The number of fused-ring (bicyclic) bond motifs is 3. The summed E-state index contributed by atoms with van der Waals surface area (Å²) in [6.07, 6.45) is 9.84. The van der Waals surface area contributed by atoms with E-state index < -0.39 is 0 Å². The van der Waals surface area contributed by atoms with Crippen molar-refractivity contribution >= 4 is 53.6 Å². The lowest BCUT2D eigenvalue weighted by Gasteiger charge is -2.20. The highest BCUT2D eigenvalue weighted by Crippen LogP contribution is 2.46. The van der Waals surface area contributed by atoms with Crippen molar-refractivity contribution in [3.05, 3.63) is 35.0 Å². The van der Waals surface area contributed by atoms with E-state index in [2.05, 4.69) is 62.7 Å². The SMILES string of the molecule is CCCCC(CC)COc1c2ccsc2cc2c(OCC(CC)CCCC)c3ccsc3cc12. The van der Waals surface area contributed by atoms with E-state index in [1.807, 2.05) is 0 Å². The van der Waals surface area contributed by atoms with Crippen LogP contribution in [0, 0.1) is 11.8 Å². The molecule has 0 aliphatic carbocycles. The molecule has 4 heteroatoms. The van der Waals surface area contributed by atoms with E-state index in [0.717, 1.165) is 37.6 Å². The van der Waals surface area contributed by atoms with Gasteiger partial charge in [-0.3, -0.25) is 0 Å². The summed E-state index contributed by atoms with van der Waals surface area (Å²) >= 11 is 3.59. The molecule has 0 aliphatic rings. The van der Waals surface area contributed by atoms with Gasteiger partial charge in [-0.1, -0.05) is 66.2 Å². The van der Waals surface area contributed by atoms with Crippen molar-refractivity contribution in [2.24, 2.45) is 11.8 Å². The molecule has 0 radical (unpaired) electrons. The van der Waals surface area contributed by atoms with Crippen LogP contribution in [0.15, 0.2) is 35.0 Å². The maximum Gasteiger partial charge on any atom is 0.135 e. The van der Waals surface area contributed by atoms with Gasteiger partial charge in [0, 0.05) is 30.9 Å². The molecule has 2 nitrogen and oxygen atoms in total. The van der Waals surface area contributed by atoms with E-state index in [1.54, 1.807) is 22.7 Å². The van der Waals surface area contributed by atoms with Gasteiger partial charge in [-0.25, -0.2) is 0 Å². The van der Waals surface area contributed by atoms with Gasteiger partial charge in [0.1, 0.15) is 11.5 Å². The number of rotatable bonds is 14. The average Bonchev–Trinajstić information content (AvgIpc) is 3.52. The van der Waals surface area contributed by atoms with Gasteiger partial charge in [-0.05, 0) is 59.7 Å². The Morgan fingerprint density at radius 2 is 1.09 bits per heavy atom. The van der Waals surface area contributed by atoms with Crippen molar-refractivity contribution in [3.8, 4) is 11.5 Å². The maximum absolute atomic E-state index is 6.68. The molecule has 184 valence electrons. The molecular formula is C30H40O2S2. The van der Waals surface area contributed by atoms with E-state index >= 15 is 0 Å². The van der Waals surface area contributed by atoms with Gasteiger partial charge in [-0.2, -0.15) is 0 Å². The molecule has 0 spiro atoms. The Labute approximate surface area is 213 Å². The van der Waals surface area contributed by atoms with E-state index in [-0.39, 0.29) is 0 Å². The fourth-order valence-corrected chi connectivity index (χ4v) is 6.48. The van der Waals surface area contributed by atoms with E-state index in [0.29, 0.717) is 11.8 Å². The van der Waals surface area contributed by atoms with Crippen LogP contribution in [-0.4, -0.2) is 13.2 Å². The molecule has 0 amide bonds. The van der Waals surface area contributed by atoms with Crippen LogP contribution in [0.2, 0.25) is 0 Å². The van der Waals surface area contributed by atoms with Crippen LogP contribution in [0.25, 0.3) is 30.9 Å². The molecule has 2 unspecified atom stereocenters. The minimum Gasteiger partial charge on any atom is -0.492 e. The van der Waals surface area contributed by atoms with Crippen molar-refractivity contribution in [1.82, 2.24) is 0 Å². The number of hydrogen-bond acceptors (Lipinski definition) is 4. The van der Waals surface area contributed by atoms with Gasteiger partial charge in [0.25, 0.3) is 0 Å². The molecule has 4 rings (SSSR count). The third-order valence-corrected chi connectivity index (χ3v) is 8.95. The molecule has 2 atom stereocenters. The predicted octanol–water partition coefficient (Wildman–Crippen LogP) is 10.5. The molecule has 0 fully saturated rings. The van der Waals surface area contributed by atoms with Crippen molar-refractivity contribution < 1.29 is 9.47 Å². The summed E-state index contributed by atoms with van der Waals surface area (Å²) in [5, 5.41) is 9.24. The quantitative estimate of drug-likeness (QED) is 0.173. The van der Waals surface area contributed by atoms with Crippen molar-refractivity contribution in [2.45, 2.75) is 79.1 Å². The minimum absolute atomic E-state index is 0.606. The highest BCUT2D eigenvalue weighted by atomic mass is 32.1. The minimum atomic E-state index is 0.606. The Kier molecular flexibility index (Phi) is 9.13. The molecule has 0 saturated carbocycles. The number of hydrogen-bond donors (Lipinski definition) is 0. The summed E-state index contributed by atoms with van der Waals surface area (Å²) in [5.74, 6) is 3.30. The van der Waals surface area contributed by atoms with Crippen LogP contribution in [0.3, 0.4) is 0 Å². The first-order valence-electron chi connectivity index (χ1n) is 13.3. The van der Waals surface area contributed by atoms with Crippen LogP contribution in [0.1, 0.15) is 79.1 Å². The van der Waals surface area contributed by atoms with Gasteiger partial charge < -0.3 is 9.47 Å². The van der Waals surface area contributed by atoms with Crippen LogP contribution >= 0.6 is 22.7 Å². The van der Waals surface area contributed by atoms with Gasteiger partial charge in [0.15, 0.2) is 0 Å². The Hall–Kier alpha value is -1.78. The second-order valence-corrected chi connectivity index (χ2v) is 11.5. The number of ether oxygens (including phenoxy) is 2. The molecule has 0 bridgehead atoms. The molecule has 0 aliphatic heterocycles. The van der Waals surface area contributed by atoms with Crippen molar-refractivity contribution in [3.63, 3.8) is 0 Å². The van der Waals surface area contributed by atoms with Crippen LogP contribution in [-0.2, 0) is 0 Å². The van der Waals surface area contributed by atoms with Crippen LogP contribution < -0.4 is 9.47 Å². The van der Waals surface area contributed by atoms with Gasteiger partial charge in [0.2, 0.25) is 0 Å². The lowest BCUT2D eigenvalue weighted by Crippen LogP contribution is -2.12. The van der Waals surface area contributed by atoms with Gasteiger partial charge in [0.05, 0.1) is 13.2 Å². The number of benzene rings is 2. The summed E-state index contributed by atoms with van der Waals surface area (Å²) in [4.78, 5) is 0. The average molecular weight is 497 g/mol. The van der Waals surface area contributed by atoms with E-state index in [9.17, 15) is 0 Å². The number of unbranched alkanes of at least 4 members (excludes halogenated alkanes) is 2. The summed E-state index contributed by atoms with van der Waals surface area (Å²) in [6, 6.07) is 9.10. The summed E-state index contributed by atoms with van der Waals surface area (Å²) in [6.45, 7) is 10.7. The first-order chi connectivity index (χ1) is 16.7. The predicted molar refractivity (Wildman–Crippen MR) is 152 cm³/mol. The highest BCUT2D eigenvalue weighted by molar-refractivity contribution is 7.17. The molecule has 0 saturated heterocycles. The summed E-state index contributed by atoms with van der Waals surface area (Å²) in [5.41, 5.74) is 0. The molecule has 2 aromatic heterocycles. The Morgan fingerprint density at radius 1 is 0.647 bits per heavy atom. The second-order valence-electron chi connectivity index (χ2n) is 9.63. The molecule has 0 N–H and O–H groups in total. The third kappa shape index (κ3) is 5.54. The first kappa shape index (κ1) is 25.3. The van der Waals surface area contributed by atoms with Gasteiger partial charge in [-0.15, -0.1) is 22.7 Å².